The molecule has 2 rings (SSSR count). The molecule has 3 heteroatoms. The van der Waals surface area contributed by atoms with Crippen molar-refractivity contribution in [1.82, 2.24) is 0 Å². The van der Waals surface area contributed by atoms with Crippen molar-refractivity contribution >= 4 is 5.97 Å². The summed E-state index contributed by atoms with van der Waals surface area (Å²) in [5.74, 6) is -1.01. The van der Waals surface area contributed by atoms with Gasteiger partial charge in [0, 0.05) is 0 Å². The van der Waals surface area contributed by atoms with Crippen LogP contribution in [-0.4, -0.2) is 16.2 Å². The molecular formula is C10H10O3. The molecule has 1 aromatic carbocycles. The van der Waals surface area contributed by atoms with E-state index >= 15 is 0 Å². The summed E-state index contributed by atoms with van der Waals surface area (Å²) in [5.41, 5.74) is 1.57. The molecule has 1 aliphatic carbocycles. The topological polar surface area (TPSA) is 57.5 Å². The number of benzene rings is 1. The van der Waals surface area contributed by atoms with E-state index in [9.17, 15) is 9.90 Å². The number of carboxylic acid groups (broad SMARTS) is 1. The molecule has 1 atom stereocenters. The van der Waals surface area contributed by atoms with Crippen molar-refractivity contribution in [2.45, 2.75) is 18.8 Å². The minimum atomic E-state index is -0.802. The first kappa shape index (κ1) is 8.10. The Balaban J connectivity index is 2.49. The van der Waals surface area contributed by atoms with Gasteiger partial charge in [0.25, 0.3) is 0 Å². The predicted molar refractivity (Wildman–Crippen MR) is 46.8 cm³/mol. The third kappa shape index (κ3) is 1.16. The zero-order valence-electron chi connectivity index (χ0n) is 7.03. The summed E-state index contributed by atoms with van der Waals surface area (Å²) in [6.07, 6.45) is 1.27. The summed E-state index contributed by atoms with van der Waals surface area (Å²) < 4.78 is 0. The van der Waals surface area contributed by atoms with Crippen LogP contribution in [0.1, 0.15) is 23.5 Å². The van der Waals surface area contributed by atoms with E-state index in [-0.39, 0.29) is 5.75 Å². The Morgan fingerprint density at radius 3 is 2.92 bits per heavy atom. The Morgan fingerprint density at radius 2 is 2.23 bits per heavy atom. The summed E-state index contributed by atoms with van der Waals surface area (Å²) in [6, 6.07) is 5.07. The number of phenolic OH excluding ortho intramolecular Hbond substituents is 1. The third-order valence-corrected chi connectivity index (χ3v) is 2.54. The second-order valence-electron chi connectivity index (χ2n) is 3.27. The number of hydrogen-bond acceptors (Lipinski definition) is 2. The molecule has 0 fully saturated rings. The molecule has 0 heterocycles. The van der Waals surface area contributed by atoms with Crippen LogP contribution in [0.25, 0.3) is 0 Å². The van der Waals surface area contributed by atoms with E-state index in [4.69, 9.17) is 5.11 Å². The lowest BCUT2D eigenvalue weighted by molar-refractivity contribution is -0.138. The molecule has 1 aliphatic rings. The van der Waals surface area contributed by atoms with Crippen LogP contribution < -0.4 is 0 Å². The molecular weight excluding hydrogens is 168 g/mol. The molecule has 3 nitrogen and oxygen atoms in total. The lowest BCUT2D eigenvalue weighted by Crippen LogP contribution is -2.07. The first-order valence-electron chi connectivity index (χ1n) is 4.23. The van der Waals surface area contributed by atoms with Gasteiger partial charge in [-0.2, -0.15) is 0 Å². The van der Waals surface area contributed by atoms with Gasteiger partial charge >= 0.3 is 5.97 Å². The summed E-state index contributed by atoms with van der Waals surface area (Å²) in [5, 5.41) is 18.3. The SMILES string of the molecule is O=C(O)[C@H]1CCc2c(O)cccc21. The van der Waals surface area contributed by atoms with Gasteiger partial charge in [-0.25, -0.2) is 0 Å². The van der Waals surface area contributed by atoms with E-state index in [2.05, 4.69) is 0 Å². The molecule has 0 bridgehead atoms. The summed E-state index contributed by atoms with van der Waals surface area (Å²) in [7, 11) is 0. The number of phenols is 1. The number of rotatable bonds is 1. The molecule has 13 heavy (non-hydrogen) atoms. The molecule has 0 saturated carbocycles. The van der Waals surface area contributed by atoms with Gasteiger partial charge in [0.15, 0.2) is 0 Å². The van der Waals surface area contributed by atoms with Crippen molar-refractivity contribution < 1.29 is 15.0 Å². The molecule has 2 N–H and O–H groups in total. The van der Waals surface area contributed by atoms with Crippen LogP contribution in [0.15, 0.2) is 18.2 Å². The van der Waals surface area contributed by atoms with Gasteiger partial charge in [0.2, 0.25) is 0 Å². The standard InChI is InChI=1S/C10H10O3/c11-9-3-1-2-6-7(9)4-5-8(6)10(12)13/h1-3,8,11H,4-5H2,(H,12,13)/t8-/m0/s1. The van der Waals surface area contributed by atoms with Gasteiger partial charge in [0.1, 0.15) is 5.75 Å². The number of carboxylic acids is 1. The van der Waals surface area contributed by atoms with Crippen molar-refractivity contribution in [3.05, 3.63) is 29.3 Å². The van der Waals surface area contributed by atoms with Crippen molar-refractivity contribution in [3.8, 4) is 5.75 Å². The fraction of sp³-hybridized carbons (Fsp3) is 0.300. The first-order valence-corrected chi connectivity index (χ1v) is 4.23. The lowest BCUT2D eigenvalue weighted by Gasteiger charge is -2.05. The second-order valence-corrected chi connectivity index (χ2v) is 3.27. The molecule has 1 aromatic rings. The average molecular weight is 178 g/mol. The number of fused-ring (bicyclic) bond motifs is 1. The maximum Gasteiger partial charge on any atom is 0.310 e. The van der Waals surface area contributed by atoms with Crippen molar-refractivity contribution in [1.29, 1.82) is 0 Å². The van der Waals surface area contributed by atoms with Gasteiger partial charge < -0.3 is 10.2 Å². The van der Waals surface area contributed by atoms with Crippen LogP contribution >= 0.6 is 0 Å². The highest BCUT2D eigenvalue weighted by atomic mass is 16.4. The van der Waals surface area contributed by atoms with Gasteiger partial charge in [0.05, 0.1) is 5.92 Å². The maximum atomic E-state index is 10.8. The quantitative estimate of drug-likeness (QED) is 0.685. The van der Waals surface area contributed by atoms with E-state index in [0.29, 0.717) is 12.8 Å². The van der Waals surface area contributed by atoms with Gasteiger partial charge in [-0.3, -0.25) is 4.79 Å². The van der Waals surface area contributed by atoms with Crippen LogP contribution in [0.5, 0.6) is 5.75 Å². The summed E-state index contributed by atoms with van der Waals surface area (Å²) >= 11 is 0. The lowest BCUT2D eigenvalue weighted by atomic mass is 10.0. The van der Waals surface area contributed by atoms with Crippen LogP contribution in [0.2, 0.25) is 0 Å². The average Bonchev–Trinajstić information content (AvgIpc) is 2.48. The molecule has 0 amide bonds. The van der Waals surface area contributed by atoms with E-state index in [1.165, 1.54) is 0 Å². The highest BCUT2D eigenvalue weighted by Crippen LogP contribution is 2.37. The van der Waals surface area contributed by atoms with E-state index in [0.717, 1.165) is 11.1 Å². The van der Waals surface area contributed by atoms with Crippen LogP contribution in [0.3, 0.4) is 0 Å². The molecule has 0 saturated heterocycles. The van der Waals surface area contributed by atoms with E-state index in [1.54, 1.807) is 18.2 Å². The molecule has 0 spiro atoms. The monoisotopic (exact) mass is 178 g/mol. The van der Waals surface area contributed by atoms with E-state index < -0.39 is 11.9 Å². The molecule has 0 unspecified atom stereocenters. The molecule has 0 aromatic heterocycles. The number of aromatic hydroxyl groups is 1. The molecule has 68 valence electrons. The van der Waals surface area contributed by atoms with Crippen LogP contribution in [0.4, 0.5) is 0 Å². The Kier molecular flexibility index (Phi) is 1.72. The second kappa shape index (κ2) is 2.76. The number of carbonyl (C=O) groups is 1. The summed E-state index contributed by atoms with van der Waals surface area (Å²) in [6.45, 7) is 0. The normalized spacial score (nSPS) is 19.8. The minimum absolute atomic E-state index is 0.223. The predicted octanol–water partition coefficient (Wildman–Crippen LogP) is 1.51. The molecule has 0 radical (unpaired) electrons. The van der Waals surface area contributed by atoms with Gasteiger partial charge in [-0.15, -0.1) is 0 Å². The maximum absolute atomic E-state index is 10.8. The fourth-order valence-corrected chi connectivity index (χ4v) is 1.89. The largest absolute Gasteiger partial charge is 0.508 e. The number of aliphatic carboxylic acids is 1. The zero-order valence-corrected chi connectivity index (χ0v) is 7.03. The van der Waals surface area contributed by atoms with Crippen molar-refractivity contribution in [2.75, 3.05) is 0 Å². The smallest absolute Gasteiger partial charge is 0.310 e. The Bertz CT molecular complexity index is 357. The third-order valence-electron chi connectivity index (χ3n) is 2.54. The van der Waals surface area contributed by atoms with Crippen molar-refractivity contribution in [3.63, 3.8) is 0 Å². The Morgan fingerprint density at radius 1 is 1.46 bits per heavy atom. The highest BCUT2D eigenvalue weighted by molar-refractivity contribution is 5.78. The van der Waals surface area contributed by atoms with Crippen LogP contribution in [0, 0.1) is 0 Å². The minimum Gasteiger partial charge on any atom is -0.508 e. The van der Waals surface area contributed by atoms with Gasteiger partial charge in [-0.05, 0) is 30.0 Å². The fourth-order valence-electron chi connectivity index (χ4n) is 1.89. The van der Waals surface area contributed by atoms with E-state index in [1.807, 2.05) is 0 Å². The molecule has 0 aliphatic heterocycles. The Hall–Kier alpha value is -1.51. The highest BCUT2D eigenvalue weighted by Gasteiger charge is 2.29. The Labute approximate surface area is 75.6 Å². The summed E-state index contributed by atoms with van der Waals surface area (Å²) in [4.78, 5) is 10.8. The van der Waals surface area contributed by atoms with Crippen LogP contribution in [-0.2, 0) is 11.2 Å². The van der Waals surface area contributed by atoms with Crippen molar-refractivity contribution in [2.24, 2.45) is 0 Å². The van der Waals surface area contributed by atoms with Gasteiger partial charge in [-0.1, -0.05) is 12.1 Å². The number of hydrogen-bond donors (Lipinski definition) is 2. The first-order chi connectivity index (χ1) is 6.20. The zero-order chi connectivity index (χ0) is 9.42.